The first kappa shape index (κ1) is 8.69. The van der Waals surface area contributed by atoms with Crippen LogP contribution in [0, 0.1) is 0 Å². The summed E-state index contributed by atoms with van der Waals surface area (Å²) in [5.41, 5.74) is 2.30. The Bertz CT molecular complexity index is 412. The molecule has 2 rings (SSSR count). The van der Waals surface area contributed by atoms with Crippen molar-refractivity contribution in [3.8, 4) is 11.1 Å². The van der Waals surface area contributed by atoms with Crippen molar-refractivity contribution in [2.75, 3.05) is 12.4 Å². The second-order valence-corrected chi connectivity index (χ2v) is 2.92. The predicted molar refractivity (Wildman–Crippen MR) is 57.0 cm³/mol. The number of anilines is 1. The molecule has 0 saturated carbocycles. The van der Waals surface area contributed by atoms with Gasteiger partial charge in [0.15, 0.2) is 0 Å². The van der Waals surface area contributed by atoms with E-state index in [1.54, 1.807) is 18.6 Å². The van der Waals surface area contributed by atoms with Gasteiger partial charge >= 0.3 is 0 Å². The third-order valence-electron chi connectivity index (χ3n) is 2.03. The second kappa shape index (κ2) is 3.87. The molecule has 0 amide bonds. The van der Waals surface area contributed by atoms with E-state index in [9.17, 15) is 0 Å². The van der Waals surface area contributed by atoms with E-state index in [1.165, 1.54) is 0 Å². The van der Waals surface area contributed by atoms with Crippen molar-refractivity contribution in [1.82, 2.24) is 9.97 Å². The van der Waals surface area contributed by atoms with Gasteiger partial charge in [0.25, 0.3) is 0 Å². The monoisotopic (exact) mass is 185 g/mol. The summed E-state index contributed by atoms with van der Waals surface area (Å²) >= 11 is 0. The summed E-state index contributed by atoms with van der Waals surface area (Å²) in [5, 5.41) is 3.01. The Balaban J connectivity index is 2.42. The topological polar surface area (TPSA) is 37.8 Å². The standard InChI is InChI=1S/C11H11N3/c1-12-11-8-10(4-7-14-11)9-2-5-13-6-3-9/h2-8H,1H3,(H,12,14). The fraction of sp³-hybridized carbons (Fsp3) is 0.0909. The maximum absolute atomic E-state index is 4.16. The molecule has 0 unspecified atom stereocenters. The van der Waals surface area contributed by atoms with E-state index in [1.807, 2.05) is 31.3 Å². The van der Waals surface area contributed by atoms with Gasteiger partial charge in [-0.15, -0.1) is 0 Å². The van der Waals surface area contributed by atoms with Crippen LogP contribution in [0.5, 0.6) is 0 Å². The second-order valence-electron chi connectivity index (χ2n) is 2.92. The molecule has 14 heavy (non-hydrogen) atoms. The number of nitrogens with zero attached hydrogens (tertiary/aromatic N) is 2. The minimum Gasteiger partial charge on any atom is -0.373 e. The molecule has 1 N–H and O–H groups in total. The molecule has 3 heteroatoms. The molecule has 3 nitrogen and oxygen atoms in total. The van der Waals surface area contributed by atoms with E-state index in [0.717, 1.165) is 16.9 Å². The molecule has 0 saturated heterocycles. The van der Waals surface area contributed by atoms with Crippen LogP contribution in [0.15, 0.2) is 42.9 Å². The van der Waals surface area contributed by atoms with E-state index in [0.29, 0.717) is 0 Å². The lowest BCUT2D eigenvalue weighted by molar-refractivity contribution is 1.28. The largest absolute Gasteiger partial charge is 0.373 e. The van der Waals surface area contributed by atoms with Gasteiger partial charge in [-0.3, -0.25) is 4.98 Å². The average molecular weight is 185 g/mol. The van der Waals surface area contributed by atoms with Crippen LogP contribution in [0.25, 0.3) is 11.1 Å². The highest BCUT2D eigenvalue weighted by molar-refractivity contribution is 5.65. The Hall–Kier alpha value is -1.90. The number of hydrogen-bond donors (Lipinski definition) is 1. The zero-order valence-electron chi connectivity index (χ0n) is 7.94. The van der Waals surface area contributed by atoms with Crippen LogP contribution in [0.3, 0.4) is 0 Å². The lowest BCUT2D eigenvalue weighted by Crippen LogP contribution is -1.91. The number of aromatic nitrogens is 2. The summed E-state index contributed by atoms with van der Waals surface area (Å²) in [4.78, 5) is 8.14. The summed E-state index contributed by atoms with van der Waals surface area (Å²) in [6.45, 7) is 0. The number of hydrogen-bond acceptors (Lipinski definition) is 3. The molecule has 0 aromatic carbocycles. The molecular formula is C11H11N3. The zero-order chi connectivity index (χ0) is 9.80. The smallest absolute Gasteiger partial charge is 0.126 e. The Kier molecular flexibility index (Phi) is 2.40. The van der Waals surface area contributed by atoms with Crippen LogP contribution >= 0.6 is 0 Å². The van der Waals surface area contributed by atoms with Crippen LogP contribution < -0.4 is 5.32 Å². The zero-order valence-corrected chi connectivity index (χ0v) is 7.94. The number of rotatable bonds is 2. The molecule has 0 bridgehead atoms. The van der Waals surface area contributed by atoms with Crippen LogP contribution in [-0.4, -0.2) is 17.0 Å². The first-order valence-corrected chi connectivity index (χ1v) is 4.44. The molecule has 70 valence electrons. The summed E-state index contributed by atoms with van der Waals surface area (Å²) in [6.07, 6.45) is 5.37. The van der Waals surface area contributed by atoms with Gasteiger partial charge in [0.05, 0.1) is 0 Å². The van der Waals surface area contributed by atoms with Crippen LogP contribution in [0.1, 0.15) is 0 Å². The molecule has 2 aromatic rings. The highest BCUT2D eigenvalue weighted by Gasteiger charge is 1.97. The summed E-state index contributed by atoms with van der Waals surface area (Å²) in [5.74, 6) is 0.874. The fourth-order valence-corrected chi connectivity index (χ4v) is 1.29. The molecule has 0 fully saturated rings. The van der Waals surface area contributed by atoms with Gasteiger partial charge in [-0.05, 0) is 35.4 Å². The van der Waals surface area contributed by atoms with Crippen molar-refractivity contribution in [1.29, 1.82) is 0 Å². The van der Waals surface area contributed by atoms with Crippen molar-refractivity contribution in [3.63, 3.8) is 0 Å². The SMILES string of the molecule is CNc1cc(-c2ccncc2)ccn1. The minimum absolute atomic E-state index is 0.874. The Morgan fingerprint density at radius 3 is 2.43 bits per heavy atom. The lowest BCUT2D eigenvalue weighted by atomic mass is 10.1. The van der Waals surface area contributed by atoms with E-state index >= 15 is 0 Å². The Morgan fingerprint density at radius 1 is 1.00 bits per heavy atom. The van der Waals surface area contributed by atoms with Gasteiger partial charge in [-0.2, -0.15) is 0 Å². The molecule has 0 aliphatic heterocycles. The van der Waals surface area contributed by atoms with Crippen LogP contribution in [0.4, 0.5) is 5.82 Å². The quantitative estimate of drug-likeness (QED) is 0.779. The lowest BCUT2D eigenvalue weighted by Gasteiger charge is -2.03. The molecular weight excluding hydrogens is 174 g/mol. The molecule has 0 aliphatic carbocycles. The average Bonchev–Trinajstić information content (AvgIpc) is 2.30. The van der Waals surface area contributed by atoms with Crippen molar-refractivity contribution in [3.05, 3.63) is 42.9 Å². The first-order chi connectivity index (χ1) is 6.90. The van der Waals surface area contributed by atoms with E-state index in [2.05, 4.69) is 15.3 Å². The number of nitrogens with one attached hydrogen (secondary N) is 1. The van der Waals surface area contributed by atoms with Crippen molar-refractivity contribution < 1.29 is 0 Å². The maximum Gasteiger partial charge on any atom is 0.126 e. The Morgan fingerprint density at radius 2 is 1.71 bits per heavy atom. The van der Waals surface area contributed by atoms with Crippen molar-refractivity contribution in [2.24, 2.45) is 0 Å². The Labute approximate surface area is 82.8 Å². The highest BCUT2D eigenvalue weighted by atomic mass is 14.9. The molecule has 0 atom stereocenters. The van der Waals surface area contributed by atoms with Gasteiger partial charge in [-0.25, -0.2) is 4.98 Å². The maximum atomic E-state index is 4.16. The normalized spacial score (nSPS) is 9.79. The number of pyridine rings is 2. The van der Waals surface area contributed by atoms with Crippen molar-refractivity contribution >= 4 is 5.82 Å². The summed E-state index contributed by atoms with van der Waals surface area (Å²) in [6, 6.07) is 7.95. The highest BCUT2D eigenvalue weighted by Crippen LogP contribution is 2.19. The molecule has 0 radical (unpaired) electrons. The van der Waals surface area contributed by atoms with Crippen molar-refractivity contribution in [2.45, 2.75) is 0 Å². The first-order valence-electron chi connectivity index (χ1n) is 4.44. The van der Waals surface area contributed by atoms with Crippen LogP contribution in [0.2, 0.25) is 0 Å². The van der Waals surface area contributed by atoms with E-state index in [-0.39, 0.29) is 0 Å². The van der Waals surface area contributed by atoms with Gasteiger partial charge in [-0.1, -0.05) is 0 Å². The molecule has 0 aliphatic rings. The molecule has 0 spiro atoms. The predicted octanol–water partition coefficient (Wildman–Crippen LogP) is 2.19. The van der Waals surface area contributed by atoms with Gasteiger partial charge in [0.1, 0.15) is 5.82 Å². The third kappa shape index (κ3) is 1.71. The van der Waals surface area contributed by atoms with E-state index < -0.39 is 0 Å². The summed E-state index contributed by atoms with van der Waals surface area (Å²) in [7, 11) is 1.86. The van der Waals surface area contributed by atoms with Gasteiger partial charge < -0.3 is 5.32 Å². The van der Waals surface area contributed by atoms with E-state index in [4.69, 9.17) is 0 Å². The van der Waals surface area contributed by atoms with Crippen LogP contribution in [-0.2, 0) is 0 Å². The van der Waals surface area contributed by atoms with Gasteiger partial charge in [0.2, 0.25) is 0 Å². The summed E-state index contributed by atoms with van der Waals surface area (Å²) < 4.78 is 0. The minimum atomic E-state index is 0.874. The van der Waals surface area contributed by atoms with Gasteiger partial charge in [0, 0.05) is 25.6 Å². The molecule has 2 aromatic heterocycles. The third-order valence-corrected chi connectivity index (χ3v) is 2.03. The molecule has 2 heterocycles. The fourth-order valence-electron chi connectivity index (χ4n) is 1.29.